The fourth-order valence-electron chi connectivity index (χ4n) is 3.08. The summed E-state index contributed by atoms with van der Waals surface area (Å²) in [5.74, 6) is -0.396. The minimum absolute atomic E-state index is 0.0877. The largest absolute Gasteiger partial charge is 0.461 e. The molecule has 0 bridgehead atoms. The van der Waals surface area contributed by atoms with E-state index in [1.807, 2.05) is 0 Å². The van der Waals surface area contributed by atoms with Gasteiger partial charge in [0, 0.05) is 0 Å². The van der Waals surface area contributed by atoms with Crippen LogP contribution in [-0.2, 0) is 14.3 Å². The molecule has 5 atom stereocenters. The molecule has 2 aromatic heterocycles. The average molecular weight is 379 g/mol. The van der Waals surface area contributed by atoms with E-state index in [-0.39, 0.29) is 18.3 Å². The summed E-state index contributed by atoms with van der Waals surface area (Å²) >= 11 is 0. The highest BCUT2D eigenvalue weighted by Crippen LogP contribution is 2.40. The highest BCUT2D eigenvalue weighted by molar-refractivity contribution is 5.75. The number of hydrogen-bond donors (Lipinski definition) is 4. The zero-order chi connectivity index (χ0) is 19.9. The predicted octanol–water partition coefficient (Wildman–Crippen LogP) is -0.610. The number of nitrogen functional groups attached to an aromatic ring is 1. The molecule has 0 aliphatic carbocycles. The number of rotatable bonds is 5. The molecule has 3 rings (SSSR count). The van der Waals surface area contributed by atoms with Crippen LogP contribution in [0.3, 0.4) is 0 Å². The highest BCUT2D eigenvalue weighted by Gasteiger charge is 2.53. The molecular weight excluding hydrogens is 354 g/mol. The summed E-state index contributed by atoms with van der Waals surface area (Å²) in [5.41, 5.74) is 11.3. The molecule has 0 radical (unpaired) electrons. The fourth-order valence-corrected chi connectivity index (χ4v) is 3.08. The topological polar surface area (TPSA) is 158 Å². The Balaban J connectivity index is 1.80. The van der Waals surface area contributed by atoms with Crippen LogP contribution in [0.2, 0.25) is 0 Å². The Kier molecular flexibility index (Phi) is 5.08. The molecule has 0 spiro atoms. The second-order valence-electron chi connectivity index (χ2n) is 7.36. The molecule has 0 amide bonds. The van der Waals surface area contributed by atoms with Gasteiger partial charge in [-0.15, -0.1) is 0 Å². The monoisotopic (exact) mass is 379 g/mol. The van der Waals surface area contributed by atoms with E-state index in [1.165, 1.54) is 10.8 Å². The summed E-state index contributed by atoms with van der Waals surface area (Å²) in [4.78, 5) is 15.9. The van der Waals surface area contributed by atoms with E-state index in [2.05, 4.69) is 10.1 Å². The molecule has 1 saturated heterocycles. The van der Waals surface area contributed by atoms with Crippen LogP contribution in [0.5, 0.6) is 0 Å². The first-order chi connectivity index (χ1) is 12.7. The van der Waals surface area contributed by atoms with Crippen LogP contribution >= 0.6 is 0 Å². The number of anilines is 1. The molecule has 0 aromatic carbocycles. The van der Waals surface area contributed by atoms with Gasteiger partial charge in [0.25, 0.3) is 0 Å². The molecule has 148 valence electrons. The van der Waals surface area contributed by atoms with Gasteiger partial charge in [-0.3, -0.25) is 4.79 Å². The van der Waals surface area contributed by atoms with Gasteiger partial charge in [-0.05, 0) is 25.0 Å². The van der Waals surface area contributed by atoms with Crippen molar-refractivity contribution in [1.29, 1.82) is 0 Å². The number of ether oxygens (including phenoxy) is 2. The van der Waals surface area contributed by atoms with Gasteiger partial charge in [0.2, 0.25) is 0 Å². The van der Waals surface area contributed by atoms with Crippen molar-refractivity contribution in [3.8, 4) is 0 Å². The minimum Gasteiger partial charge on any atom is -0.461 e. The second kappa shape index (κ2) is 7.04. The maximum Gasteiger partial charge on any atom is 0.323 e. The number of hydrogen-bond acceptors (Lipinski definition) is 9. The Labute approximate surface area is 156 Å². The molecule has 3 heterocycles. The SMILES string of the molecule is CC(C)[C@H](N)C(=O)OC[C@@]1(C)O[C@@H](c2ccc3c(N)ncnn23)[C@H](O)[C@@H]1O. The van der Waals surface area contributed by atoms with Crippen LogP contribution in [-0.4, -0.2) is 61.2 Å². The van der Waals surface area contributed by atoms with E-state index in [4.69, 9.17) is 20.9 Å². The molecule has 0 saturated carbocycles. The van der Waals surface area contributed by atoms with E-state index >= 15 is 0 Å². The number of nitrogens with two attached hydrogens (primary N) is 2. The van der Waals surface area contributed by atoms with Gasteiger partial charge < -0.3 is 31.2 Å². The molecule has 10 heteroatoms. The summed E-state index contributed by atoms with van der Waals surface area (Å²) in [5, 5.41) is 25.2. The molecule has 1 aliphatic heterocycles. The number of aliphatic hydroxyl groups is 2. The van der Waals surface area contributed by atoms with Gasteiger partial charge in [0.05, 0.1) is 5.69 Å². The highest BCUT2D eigenvalue weighted by atomic mass is 16.6. The molecule has 27 heavy (non-hydrogen) atoms. The summed E-state index contributed by atoms with van der Waals surface area (Å²) < 4.78 is 12.6. The number of esters is 1. The van der Waals surface area contributed by atoms with E-state index in [1.54, 1.807) is 32.9 Å². The Hall–Kier alpha value is -2.27. The lowest BCUT2D eigenvalue weighted by Crippen LogP contribution is -2.46. The van der Waals surface area contributed by atoms with Gasteiger partial charge in [-0.1, -0.05) is 13.8 Å². The lowest BCUT2D eigenvalue weighted by atomic mass is 9.96. The van der Waals surface area contributed by atoms with Gasteiger partial charge in [-0.25, -0.2) is 9.50 Å². The quantitative estimate of drug-likeness (QED) is 0.497. The van der Waals surface area contributed by atoms with E-state index in [0.29, 0.717) is 11.2 Å². The van der Waals surface area contributed by atoms with Crippen molar-refractivity contribution in [3.05, 3.63) is 24.2 Å². The second-order valence-corrected chi connectivity index (χ2v) is 7.36. The Morgan fingerprint density at radius 3 is 2.81 bits per heavy atom. The molecule has 1 aliphatic rings. The Bertz CT molecular complexity index is 840. The fraction of sp³-hybridized carbons (Fsp3) is 0.588. The number of aromatic nitrogens is 3. The summed E-state index contributed by atoms with van der Waals surface area (Å²) in [6.07, 6.45) is -2.13. The van der Waals surface area contributed by atoms with Crippen molar-refractivity contribution in [1.82, 2.24) is 14.6 Å². The number of fused-ring (bicyclic) bond motifs is 1. The van der Waals surface area contributed by atoms with E-state index in [0.717, 1.165) is 0 Å². The zero-order valence-corrected chi connectivity index (χ0v) is 15.4. The van der Waals surface area contributed by atoms with Crippen LogP contribution in [0.25, 0.3) is 5.52 Å². The maximum atomic E-state index is 12.0. The van der Waals surface area contributed by atoms with Crippen LogP contribution in [0, 0.1) is 5.92 Å². The lowest BCUT2D eigenvalue weighted by molar-refractivity contribution is -0.162. The summed E-state index contributed by atoms with van der Waals surface area (Å²) in [7, 11) is 0. The third kappa shape index (κ3) is 3.36. The standard InChI is InChI=1S/C17H25N5O5/c1-8(2)11(18)16(25)26-6-17(3)14(24)12(23)13(27-17)9-4-5-10-15(19)20-7-21-22(9)10/h4-5,7-8,11-14,23-24H,6,18H2,1-3H3,(H2,19,20,21)/t11-,12-,13-,14-,17+/m0/s1. The summed E-state index contributed by atoms with van der Waals surface area (Å²) in [6.45, 7) is 4.93. The molecule has 0 unspecified atom stereocenters. The number of aliphatic hydroxyl groups excluding tert-OH is 2. The summed E-state index contributed by atoms with van der Waals surface area (Å²) in [6, 6.07) is 2.61. The van der Waals surface area contributed by atoms with Crippen molar-refractivity contribution >= 4 is 17.3 Å². The van der Waals surface area contributed by atoms with Gasteiger partial charge in [0.15, 0.2) is 5.82 Å². The molecular formula is C17H25N5O5. The number of carbonyl (C=O) groups is 1. The van der Waals surface area contributed by atoms with Crippen molar-refractivity contribution in [2.45, 2.75) is 50.7 Å². The Morgan fingerprint density at radius 2 is 2.15 bits per heavy atom. The maximum absolute atomic E-state index is 12.0. The first-order valence-electron chi connectivity index (χ1n) is 8.70. The molecule has 1 fully saturated rings. The first kappa shape index (κ1) is 19.5. The third-order valence-electron chi connectivity index (χ3n) is 4.95. The zero-order valence-electron chi connectivity index (χ0n) is 15.4. The molecule has 2 aromatic rings. The molecule has 6 N–H and O–H groups in total. The smallest absolute Gasteiger partial charge is 0.323 e. The van der Waals surface area contributed by atoms with Crippen molar-refractivity contribution in [2.75, 3.05) is 12.3 Å². The van der Waals surface area contributed by atoms with Crippen LogP contribution in [0.4, 0.5) is 5.82 Å². The number of carbonyl (C=O) groups excluding carboxylic acids is 1. The van der Waals surface area contributed by atoms with Gasteiger partial charge in [-0.2, -0.15) is 5.10 Å². The van der Waals surface area contributed by atoms with Crippen LogP contribution < -0.4 is 11.5 Å². The predicted molar refractivity (Wildman–Crippen MR) is 95.4 cm³/mol. The minimum atomic E-state index is -1.31. The van der Waals surface area contributed by atoms with Gasteiger partial charge in [0.1, 0.15) is 48.4 Å². The van der Waals surface area contributed by atoms with Crippen LogP contribution in [0.1, 0.15) is 32.6 Å². The van der Waals surface area contributed by atoms with Crippen molar-refractivity contribution < 1.29 is 24.5 Å². The third-order valence-corrected chi connectivity index (χ3v) is 4.95. The first-order valence-corrected chi connectivity index (χ1v) is 8.70. The van der Waals surface area contributed by atoms with Crippen molar-refractivity contribution in [3.63, 3.8) is 0 Å². The van der Waals surface area contributed by atoms with E-state index in [9.17, 15) is 15.0 Å². The van der Waals surface area contributed by atoms with Crippen LogP contribution in [0.15, 0.2) is 18.5 Å². The normalized spacial score (nSPS) is 29.4. The number of nitrogens with zero attached hydrogens (tertiary/aromatic N) is 3. The average Bonchev–Trinajstić information content (AvgIpc) is 3.15. The van der Waals surface area contributed by atoms with Gasteiger partial charge >= 0.3 is 5.97 Å². The lowest BCUT2D eigenvalue weighted by Gasteiger charge is -2.28. The van der Waals surface area contributed by atoms with E-state index < -0.39 is 35.9 Å². The molecule has 10 nitrogen and oxygen atoms in total. The van der Waals surface area contributed by atoms with Crippen molar-refractivity contribution in [2.24, 2.45) is 11.7 Å². The Morgan fingerprint density at radius 1 is 1.44 bits per heavy atom.